The summed E-state index contributed by atoms with van der Waals surface area (Å²) in [6.45, 7) is 6.94. The van der Waals surface area contributed by atoms with Crippen LogP contribution >= 0.6 is 0 Å². The largest absolute Gasteiger partial charge is 0.358 e. The number of amidine groups is 1. The zero-order chi connectivity index (χ0) is 17.6. The Morgan fingerprint density at radius 1 is 1.24 bits per heavy atom. The van der Waals surface area contributed by atoms with Gasteiger partial charge < -0.3 is 9.47 Å². The van der Waals surface area contributed by atoms with E-state index in [1.54, 1.807) is 0 Å². The molecule has 2 aromatic rings. The SMILES string of the molecule is CC(C)Cn1ccc2cc(C3CCCN4CCS(=O)(=O)N=C34)ccc21. The summed E-state index contributed by atoms with van der Waals surface area (Å²) in [5.74, 6) is 1.57. The summed E-state index contributed by atoms with van der Waals surface area (Å²) in [4.78, 5) is 2.16. The predicted octanol–water partition coefficient (Wildman–Crippen LogP) is 3.22. The molecule has 0 radical (unpaired) electrons. The molecular weight excluding hydrogens is 334 g/mol. The van der Waals surface area contributed by atoms with Gasteiger partial charge in [-0.3, -0.25) is 0 Å². The molecule has 2 aliphatic rings. The van der Waals surface area contributed by atoms with E-state index in [4.69, 9.17) is 0 Å². The number of benzene rings is 1. The summed E-state index contributed by atoms with van der Waals surface area (Å²) >= 11 is 0. The van der Waals surface area contributed by atoms with Gasteiger partial charge in [-0.2, -0.15) is 0 Å². The highest BCUT2D eigenvalue weighted by Gasteiger charge is 2.33. The third-order valence-corrected chi connectivity index (χ3v) is 6.33. The first-order valence-electron chi connectivity index (χ1n) is 9.09. The van der Waals surface area contributed by atoms with Crippen molar-refractivity contribution in [1.82, 2.24) is 9.47 Å². The van der Waals surface area contributed by atoms with Crippen LogP contribution in [0.25, 0.3) is 10.9 Å². The van der Waals surface area contributed by atoms with E-state index < -0.39 is 10.0 Å². The highest BCUT2D eigenvalue weighted by atomic mass is 32.2. The molecule has 0 spiro atoms. The average Bonchev–Trinajstić information content (AvgIpc) is 2.95. The van der Waals surface area contributed by atoms with Gasteiger partial charge in [-0.15, -0.1) is 4.40 Å². The molecule has 0 N–H and O–H groups in total. The highest BCUT2D eigenvalue weighted by Crippen LogP contribution is 2.33. The summed E-state index contributed by atoms with van der Waals surface area (Å²) in [5.41, 5.74) is 2.42. The van der Waals surface area contributed by atoms with Crippen LogP contribution in [0.15, 0.2) is 34.9 Å². The molecule has 3 heterocycles. The topological polar surface area (TPSA) is 54.7 Å². The van der Waals surface area contributed by atoms with Gasteiger partial charge in [0.05, 0.1) is 5.75 Å². The van der Waals surface area contributed by atoms with Crippen molar-refractivity contribution in [2.45, 2.75) is 39.2 Å². The van der Waals surface area contributed by atoms with Gasteiger partial charge in [0.2, 0.25) is 0 Å². The molecule has 1 fully saturated rings. The van der Waals surface area contributed by atoms with E-state index in [0.717, 1.165) is 31.8 Å². The number of piperidine rings is 1. The van der Waals surface area contributed by atoms with Crippen LogP contribution in [-0.4, -0.2) is 42.6 Å². The maximum Gasteiger partial charge on any atom is 0.256 e. The minimum Gasteiger partial charge on any atom is -0.358 e. The Morgan fingerprint density at radius 2 is 2.08 bits per heavy atom. The summed E-state index contributed by atoms with van der Waals surface area (Å²) in [6, 6.07) is 8.69. The van der Waals surface area contributed by atoms with E-state index in [1.165, 1.54) is 16.5 Å². The number of sulfonamides is 1. The molecule has 0 aliphatic carbocycles. The maximum atomic E-state index is 12.0. The molecule has 1 saturated heterocycles. The van der Waals surface area contributed by atoms with Crippen molar-refractivity contribution in [3.8, 4) is 0 Å². The lowest BCUT2D eigenvalue weighted by Gasteiger charge is -2.37. The van der Waals surface area contributed by atoms with Crippen molar-refractivity contribution < 1.29 is 8.42 Å². The minimum atomic E-state index is -3.30. The predicted molar refractivity (Wildman–Crippen MR) is 102 cm³/mol. The van der Waals surface area contributed by atoms with Crippen molar-refractivity contribution in [2.24, 2.45) is 10.3 Å². The van der Waals surface area contributed by atoms with Crippen molar-refractivity contribution >= 4 is 26.8 Å². The van der Waals surface area contributed by atoms with Crippen LogP contribution < -0.4 is 0 Å². The Morgan fingerprint density at radius 3 is 2.88 bits per heavy atom. The van der Waals surface area contributed by atoms with E-state index in [2.05, 4.69) is 58.2 Å². The smallest absolute Gasteiger partial charge is 0.256 e. The number of hydrogen-bond donors (Lipinski definition) is 0. The second kappa shape index (κ2) is 6.16. The molecule has 2 aliphatic heterocycles. The summed E-state index contributed by atoms with van der Waals surface area (Å²) < 4.78 is 30.4. The van der Waals surface area contributed by atoms with E-state index in [0.29, 0.717) is 12.5 Å². The summed E-state index contributed by atoms with van der Waals surface area (Å²) in [5, 5.41) is 1.22. The molecule has 1 atom stereocenters. The van der Waals surface area contributed by atoms with Gasteiger partial charge >= 0.3 is 0 Å². The Hall–Kier alpha value is -1.82. The van der Waals surface area contributed by atoms with Crippen molar-refractivity contribution in [3.05, 3.63) is 36.0 Å². The first-order chi connectivity index (χ1) is 11.9. The Kier molecular flexibility index (Phi) is 4.10. The van der Waals surface area contributed by atoms with Gasteiger partial charge in [-0.25, -0.2) is 8.42 Å². The zero-order valence-electron chi connectivity index (χ0n) is 14.9. The van der Waals surface area contributed by atoms with Crippen LogP contribution in [0.5, 0.6) is 0 Å². The van der Waals surface area contributed by atoms with Gasteiger partial charge in [0, 0.05) is 37.3 Å². The third kappa shape index (κ3) is 3.19. The third-order valence-electron chi connectivity index (χ3n) is 5.17. The molecule has 4 rings (SSSR count). The normalized spacial score (nSPS) is 22.9. The fraction of sp³-hybridized carbons (Fsp3) is 0.526. The van der Waals surface area contributed by atoms with Crippen molar-refractivity contribution in [3.63, 3.8) is 0 Å². The fourth-order valence-electron chi connectivity index (χ4n) is 4.02. The first kappa shape index (κ1) is 16.6. The molecule has 1 aromatic heterocycles. The summed E-state index contributed by atoms with van der Waals surface area (Å²) in [6.07, 6.45) is 4.18. The Labute approximate surface area is 149 Å². The van der Waals surface area contributed by atoms with Crippen LogP contribution in [0.4, 0.5) is 0 Å². The molecule has 134 valence electrons. The van der Waals surface area contributed by atoms with E-state index in [1.807, 2.05) is 0 Å². The lowest BCUT2D eigenvalue weighted by Crippen LogP contribution is -2.46. The van der Waals surface area contributed by atoms with E-state index in [-0.39, 0.29) is 11.7 Å². The number of hydrogen-bond acceptors (Lipinski definition) is 3. The molecular formula is C19H25N3O2S. The Balaban J connectivity index is 1.72. The lowest BCUT2D eigenvalue weighted by molar-refractivity contribution is 0.366. The van der Waals surface area contributed by atoms with Gasteiger partial charge in [-0.05, 0) is 47.9 Å². The van der Waals surface area contributed by atoms with Crippen LogP contribution in [0.3, 0.4) is 0 Å². The molecule has 0 amide bonds. The van der Waals surface area contributed by atoms with E-state index >= 15 is 0 Å². The number of nitrogens with zero attached hydrogens (tertiary/aromatic N) is 3. The van der Waals surface area contributed by atoms with Gasteiger partial charge in [0.1, 0.15) is 5.84 Å². The second-order valence-electron chi connectivity index (χ2n) is 7.60. The first-order valence-corrected chi connectivity index (χ1v) is 10.7. The van der Waals surface area contributed by atoms with Gasteiger partial charge in [0.25, 0.3) is 10.0 Å². The maximum absolute atomic E-state index is 12.0. The number of rotatable bonds is 3. The van der Waals surface area contributed by atoms with Crippen LogP contribution in [0.1, 0.15) is 38.2 Å². The fourth-order valence-corrected chi connectivity index (χ4v) is 5.09. The second-order valence-corrected chi connectivity index (χ2v) is 9.35. The molecule has 6 heteroatoms. The van der Waals surface area contributed by atoms with Gasteiger partial charge in [-0.1, -0.05) is 19.9 Å². The number of aromatic nitrogens is 1. The van der Waals surface area contributed by atoms with Crippen LogP contribution in [0.2, 0.25) is 0 Å². The standard InChI is InChI=1S/C19H25N3O2S/c1-14(2)13-22-9-7-16-12-15(5-6-18(16)22)17-4-3-8-21-10-11-25(23,24)20-19(17)21/h5-7,9,12,14,17H,3-4,8,10-11,13H2,1-2H3. The van der Waals surface area contributed by atoms with Crippen LogP contribution in [0, 0.1) is 5.92 Å². The minimum absolute atomic E-state index is 0.0849. The zero-order valence-corrected chi connectivity index (χ0v) is 15.7. The monoisotopic (exact) mass is 359 g/mol. The average molecular weight is 359 g/mol. The quantitative estimate of drug-likeness (QED) is 0.845. The van der Waals surface area contributed by atoms with Crippen LogP contribution in [-0.2, 0) is 16.6 Å². The molecule has 5 nitrogen and oxygen atoms in total. The van der Waals surface area contributed by atoms with Gasteiger partial charge in [0.15, 0.2) is 0 Å². The van der Waals surface area contributed by atoms with E-state index in [9.17, 15) is 8.42 Å². The molecule has 0 saturated carbocycles. The Bertz CT molecular complexity index is 927. The lowest BCUT2D eigenvalue weighted by atomic mass is 9.88. The summed E-state index contributed by atoms with van der Waals surface area (Å²) in [7, 11) is -3.30. The van der Waals surface area contributed by atoms with Crippen molar-refractivity contribution in [1.29, 1.82) is 0 Å². The number of fused-ring (bicyclic) bond motifs is 2. The molecule has 25 heavy (non-hydrogen) atoms. The molecule has 0 bridgehead atoms. The van der Waals surface area contributed by atoms with Crippen molar-refractivity contribution in [2.75, 3.05) is 18.8 Å². The molecule has 1 aromatic carbocycles. The highest BCUT2D eigenvalue weighted by molar-refractivity contribution is 7.90. The molecule has 1 unspecified atom stereocenters.